The van der Waals surface area contributed by atoms with E-state index >= 15 is 0 Å². The third kappa shape index (κ3) is 11.2. The van der Waals surface area contributed by atoms with Crippen molar-refractivity contribution in [1.29, 1.82) is 0 Å². The molecule has 0 aromatic heterocycles. The van der Waals surface area contributed by atoms with Crippen molar-refractivity contribution in [3.63, 3.8) is 0 Å². The Bertz CT molecular complexity index is 295. The Hall–Kier alpha value is -1.11. The van der Waals surface area contributed by atoms with Crippen LogP contribution in [0.4, 0.5) is 0 Å². The zero-order valence-electron chi connectivity index (χ0n) is 10.8. The van der Waals surface area contributed by atoms with Crippen molar-refractivity contribution in [3.8, 4) is 0 Å². The topological polar surface area (TPSA) is 0 Å². The second-order valence-corrected chi connectivity index (χ2v) is 3.08. The van der Waals surface area contributed by atoms with Crippen LogP contribution in [0.2, 0.25) is 0 Å². The van der Waals surface area contributed by atoms with E-state index in [2.05, 4.69) is 30.4 Å². The summed E-state index contributed by atoms with van der Waals surface area (Å²) in [7, 11) is 0. The molecule has 17 heavy (non-hydrogen) atoms. The van der Waals surface area contributed by atoms with E-state index in [9.17, 15) is 0 Å². The SMILES string of the molecule is [C-]1=CC=CC1.[C-]1=CC=CC1.[H-].[Ti+3].[c-]1ccccc1. The minimum atomic E-state index is 0. The smallest absolute Gasteiger partial charge is 1.00 e. The van der Waals surface area contributed by atoms with Crippen molar-refractivity contribution in [2.75, 3.05) is 0 Å². The zero-order chi connectivity index (χ0) is 11.3. The van der Waals surface area contributed by atoms with E-state index in [-0.39, 0.29) is 23.1 Å². The van der Waals surface area contributed by atoms with Crippen LogP contribution in [0.5, 0.6) is 0 Å². The van der Waals surface area contributed by atoms with Gasteiger partial charge in [0, 0.05) is 0 Å². The molecule has 85 valence electrons. The van der Waals surface area contributed by atoms with Crippen molar-refractivity contribution in [2.45, 2.75) is 12.8 Å². The third-order valence-electron chi connectivity index (χ3n) is 1.78. The van der Waals surface area contributed by atoms with Crippen molar-refractivity contribution < 1.29 is 23.1 Å². The summed E-state index contributed by atoms with van der Waals surface area (Å²) in [5.41, 5.74) is 0. The van der Waals surface area contributed by atoms with Gasteiger partial charge in [0.2, 0.25) is 0 Å². The number of allylic oxidation sites excluding steroid dienone is 8. The fraction of sp³-hybridized carbons (Fsp3) is 0.125. The number of rotatable bonds is 0. The average molecular weight is 256 g/mol. The largest absolute Gasteiger partial charge is 3.00 e. The molecule has 2 aliphatic rings. The molecule has 0 bridgehead atoms. The molecule has 0 unspecified atom stereocenters. The summed E-state index contributed by atoms with van der Waals surface area (Å²) >= 11 is 0. The van der Waals surface area contributed by atoms with Crippen LogP contribution in [-0.2, 0) is 21.7 Å². The number of hydrogen-bond acceptors (Lipinski definition) is 0. The molecule has 0 atom stereocenters. The van der Waals surface area contributed by atoms with Crippen LogP contribution in [0.15, 0.2) is 66.8 Å². The molecule has 2 aliphatic carbocycles. The molecule has 1 aromatic rings. The van der Waals surface area contributed by atoms with E-state index < -0.39 is 0 Å². The van der Waals surface area contributed by atoms with Gasteiger partial charge in [-0.15, -0.1) is 12.8 Å². The summed E-state index contributed by atoms with van der Waals surface area (Å²) in [4.78, 5) is 0. The second kappa shape index (κ2) is 13.0. The van der Waals surface area contributed by atoms with Gasteiger partial charge in [0.25, 0.3) is 0 Å². The van der Waals surface area contributed by atoms with Crippen LogP contribution in [-0.4, -0.2) is 0 Å². The molecule has 0 saturated heterocycles. The molecule has 0 N–H and O–H groups in total. The van der Waals surface area contributed by atoms with Gasteiger partial charge in [-0.3, -0.25) is 12.2 Å². The van der Waals surface area contributed by atoms with Gasteiger partial charge in [0.15, 0.2) is 0 Å². The average Bonchev–Trinajstić information content (AvgIpc) is 3.10. The molecule has 1 radical (unpaired) electrons. The Morgan fingerprint density at radius 3 is 1.41 bits per heavy atom. The Kier molecular flexibility index (Phi) is 12.1. The standard InChI is InChI=1S/C6H5.2C5H5.Ti.H/c1-2-4-6-5-3-1;2*1-2-4-5-3-1;;/h1-5H;2*1-3H,4H2;;/q3*-1;+3;-1. The molecule has 0 nitrogen and oxygen atoms in total. The summed E-state index contributed by atoms with van der Waals surface area (Å²) < 4.78 is 0. The number of hydrogen-bond donors (Lipinski definition) is 0. The molecule has 1 aromatic carbocycles. The predicted molar refractivity (Wildman–Crippen MR) is 69.5 cm³/mol. The first-order valence-corrected chi connectivity index (χ1v) is 5.34. The van der Waals surface area contributed by atoms with Crippen molar-refractivity contribution >= 4 is 0 Å². The molecule has 1 heteroatoms. The van der Waals surface area contributed by atoms with Crippen LogP contribution in [0.25, 0.3) is 0 Å². The Morgan fingerprint density at radius 1 is 0.765 bits per heavy atom. The van der Waals surface area contributed by atoms with Crippen LogP contribution < -0.4 is 0 Å². The molecule has 0 spiro atoms. The molecule has 3 rings (SSSR count). The third-order valence-corrected chi connectivity index (χ3v) is 1.78. The van der Waals surface area contributed by atoms with E-state index in [1.807, 2.05) is 54.6 Å². The summed E-state index contributed by atoms with van der Waals surface area (Å²) in [6, 6.07) is 12.5. The van der Waals surface area contributed by atoms with Gasteiger partial charge in [-0.2, -0.15) is 48.6 Å². The first kappa shape index (κ1) is 15.9. The molecule has 0 fully saturated rings. The van der Waals surface area contributed by atoms with Gasteiger partial charge in [-0.1, -0.05) is 0 Å². The van der Waals surface area contributed by atoms with Crippen LogP contribution in [0, 0.1) is 18.2 Å². The van der Waals surface area contributed by atoms with Gasteiger partial charge in [0.1, 0.15) is 0 Å². The Morgan fingerprint density at radius 2 is 1.29 bits per heavy atom. The van der Waals surface area contributed by atoms with Crippen LogP contribution in [0.3, 0.4) is 0 Å². The number of benzene rings is 1. The second-order valence-electron chi connectivity index (χ2n) is 3.08. The zero-order valence-corrected chi connectivity index (χ0v) is 11.3. The summed E-state index contributed by atoms with van der Waals surface area (Å²) in [6.07, 6.45) is 20.0. The van der Waals surface area contributed by atoms with E-state index in [0.29, 0.717) is 0 Å². The molecule has 0 aliphatic heterocycles. The molecular formula is C16H16Ti-. The summed E-state index contributed by atoms with van der Waals surface area (Å²) in [5, 5.41) is 0. The first-order valence-electron chi connectivity index (χ1n) is 5.34. The van der Waals surface area contributed by atoms with Crippen LogP contribution in [0.1, 0.15) is 14.3 Å². The maximum absolute atomic E-state index is 2.99. The van der Waals surface area contributed by atoms with Gasteiger partial charge >= 0.3 is 21.7 Å². The van der Waals surface area contributed by atoms with Crippen molar-refractivity contribution in [3.05, 3.63) is 85.0 Å². The maximum atomic E-state index is 2.99. The molecule has 0 saturated carbocycles. The minimum absolute atomic E-state index is 0. The first-order chi connectivity index (χ1) is 8.00. The normalized spacial score (nSPS) is 13.2. The van der Waals surface area contributed by atoms with Gasteiger partial charge in [0.05, 0.1) is 0 Å². The minimum Gasteiger partial charge on any atom is -1.00 e. The predicted octanol–water partition coefficient (Wildman–Crippen LogP) is 4.21. The molecular weight excluding hydrogens is 240 g/mol. The van der Waals surface area contributed by atoms with E-state index in [1.54, 1.807) is 0 Å². The quantitative estimate of drug-likeness (QED) is 0.482. The fourth-order valence-electron chi connectivity index (χ4n) is 1.02. The van der Waals surface area contributed by atoms with Gasteiger partial charge in [-0.25, -0.2) is 24.3 Å². The summed E-state index contributed by atoms with van der Waals surface area (Å²) in [6.45, 7) is 0. The van der Waals surface area contributed by atoms with E-state index in [1.165, 1.54) is 0 Å². The monoisotopic (exact) mass is 256 g/mol. The maximum Gasteiger partial charge on any atom is 3.00 e. The van der Waals surface area contributed by atoms with Crippen LogP contribution >= 0.6 is 0 Å². The van der Waals surface area contributed by atoms with Crippen molar-refractivity contribution in [2.24, 2.45) is 0 Å². The van der Waals surface area contributed by atoms with Gasteiger partial charge in [-0.05, 0) is 0 Å². The van der Waals surface area contributed by atoms with E-state index in [4.69, 9.17) is 0 Å². The van der Waals surface area contributed by atoms with Crippen molar-refractivity contribution in [1.82, 2.24) is 0 Å². The fourth-order valence-corrected chi connectivity index (χ4v) is 1.02. The Balaban J connectivity index is 0. The van der Waals surface area contributed by atoms with Gasteiger partial charge < -0.3 is 1.43 Å². The van der Waals surface area contributed by atoms with E-state index in [0.717, 1.165) is 12.8 Å². The summed E-state index contributed by atoms with van der Waals surface area (Å²) in [5.74, 6) is 0. The molecule has 0 amide bonds. The Labute approximate surface area is 121 Å². The molecule has 0 heterocycles.